The maximum absolute atomic E-state index is 6.23. The normalized spacial score (nSPS) is 18.4. The second-order valence-corrected chi connectivity index (χ2v) is 5.79. The fraction of sp³-hybridized carbons (Fsp3) is 0.375. The molecule has 22 heavy (non-hydrogen) atoms. The van der Waals surface area contributed by atoms with Gasteiger partial charge in [-0.05, 0) is 18.1 Å². The van der Waals surface area contributed by atoms with Crippen LogP contribution < -0.4 is 10.1 Å². The molecule has 1 aliphatic rings. The van der Waals surface area contributed by atoms with Crippen molar-refractivity contribution in [2.45, 2.75) is 19.0 Å². The molecular formula is C16H19ClN4O. The summed E-state index contributed by atoms with van der Waals surface area (Å²) in [5, 5.41) is 4.20. The summed E-state index contributed by atoms with van der Waals surface area (Å²) in [5.74, 6) is 1.19. The van der Waals surface area contributed by atoms with Gasteiger partial charge in [0.25, 0.3) is 0 Å². The van der Waals surface area contributed by atoms with Gasteiger partial charge in [-0.15, -0.1) is 0 Å². The van der Waals surface area contributed by atoms with Crippen LogP contribution in [0, 0.1) is 0 Å². The highest BCUT2D eigenvalue weighted by molar-refractivity contribution is 6.31. The van der Waals surface area contributed by atoms with Crippen LogP contribution >= 0.6 is 11.6 Å². The van der Waals surface area contributed by atoms with E-state index in [4.69, 9.17) is 16.3 Å². The number of nitrogens with zero attached hydrogens (tertiary/aromatic N) is 3. The maximum Gasteiger partial charge on any atom is 0.226 e. The van der Waals surface area contributed by atoms with Crippen molar-refractivity contribution in [3.8, 4) is 5.88 Å². The van der Waals surface area contributed by atoms with Gasteiger partial charge in [-0.2, -0.15) is 4.98 Å². The van der Waals surface area contributed by atoms with Crippen LogP contribution in [0.25, 0.3) is 0 Å². The Bertz CT molecular complexity index is 637. The molecular weight excluding hydrogens is 300 g/mol. The summed E-state index contributed by atoms with van der Waals surface area (Å²) >= 11 is 6.23. The smallest absolute Gasteiger partial charge is 0.226 e. The van der Waals surface area contributed by atoms with Crippen LogP contribution in [0.5, 0.6) is 5.88 Å². The van der Waals surface area contributed by atoms with E-state index in [2.05, 4.69) is 26.3 Å². The fourth-order valence-electron chi connectivity index (χ4n) is 2.67. The first-order valence-electron chi connectivity index (χ1n) is 7.34. The van der Waals surface area contributed by atoms with E-state index in [0.717, 1.165) is 31.1 Å². The van der Waals surface area contributed by atoms with E-state index >= 15 is 0 Å². The lowest BCUT2D eigenvalue weighted by atomic mass is 10.2. The molecule has 0 aliphatic carbocycles. The summed E-state index contributed by atoms with van der Waals surface area (Å²) in [6.07, 6.45) is 2.76. The van der Waals surface area contributed by atoms with Crippen molar-refractivity contribution in [2.75, 3.05) is 25.5 Å². The number of nitrogens with one attached hydrogen (secondary N) is 1. The number of rotatable bonds is 5. The van der Waals surface area contributed by atoms with Crippen molar-refractivity contribution in [2.24, 2.45) is 0 Å². The summed E-state index contributed by atoms with van der Waals surface area (Å²) in [5.41, 5.74) is 1.17. The van der Waals surface area contributed by atoms with Crippen LogP contribution in [-0.2, 0) is 6.54 Å². The third kappa shape index (κ3) is 3.67. The van der Waals surface area contributed by atoms with Gasteiger partial charge in [0.1, 0.15) is 0 Å². The Morgan fingerprint density at radius 2 is 2.23 bits per heavy atom. The van der Waals surface area contributed by atoms with E-state index < -0.39 is 0 Å². The third-order valence-corrected chi connectivity index (χ3v) is 4.17. The van der Waals surface area contributed by atoms with Gasteiger partial charge in [0, 0.05) is 43.0 Å². The minimum absolute atomic E-state index is 0.342. The van der Waals surface area contributed by atoms with E-state index in [1.54, 1.807) is 19.4 Å². The third-order valence-electron chi connectivity index (χ3n) is 3.80. The average molecular weight is 319 g/mol. The monoisotopic (exact) mass is 318 g/mol. The number of likely N-dealkylation sites (tertiary alicyclic amines) is 1. The van der Waals surface area contributed by atoms with Gasteiger partial charge in [0.05, 0.1) is 7.11 Å². The molecule has 116 valence electrons. The molecule has 2 heterocycles. The van der Waals surface area contributed by atoms with E-state index in [1.165, 1.54) is 5.56 Å². The lowest BCUT2D eigenvalue weighted by Crippen LogP contribution is -2.26. The van der Waals surface area contributed by atoms with Crippen molar-refractivity contribution in [1.29, 1.82) is 0 Å². The van der Waals surface area contributed by atoms with Crippen molar-refractivity contribution < 1.29 is 4.74 Å². The van der Waals surface area contributed by atoms with Gasteiger partial charge in [-0.3, -0.25) is 4.90 Å². The van der Waals surface area contributed by atoms with Gasteiger partial charge in [-0.25, -0.2) is 4.98 Å². The molecule has 0 bridgehead atoms. The number of benzene rings is 1. The molecule has 0 saturated carbocycles. The van der Waals surface area contributed by atoms with Crippen LogP contribution in [0.2, 0.25) is 5.02 Å². The molecule has 2 aromatic rings. The maximum atomic E-state index is 6.23. The van der Waals surface area contributed by atoms with Crippen molar-refractivity contribution in [3.05, 3.63) is 47.1 Å². The van der Waals surface area contributed by atoms with Crippen molar-refractivity contribution >= 4 is 17.5 Å². The number of methoxy groups -OCH3 is 1. The zero-order chi connectivity index (χ0) is 15.4. The lowest BCUT2D eigenvalue weighted by molar-refractivity contribution is 0.328. The highest BCUT2D eigenvalue weighted by atomic mass is 35.5. The predicted molar refractivity (Wildman–Crippen MR) is 87.3 cm³/mol. The van der Waals surface area contributed by atoms with Crippen LogP contribution in [-0.4, -0.2) is 41.1 Å². The van der Waals surface area contributed by atoms with Crippen molar-refractivity contribution in [1.82, 2.24) is 14.9 Å². The van der Waals surface area contributed by atoms with Gasteiger partial charge in [0.15, 0.2) is 0 Å². The molecule has 1 aromatic carbocycles. The van der Waals surface area contributed by atoms with Gasteiger partial charge >= 0.3 is 0 Å². The average Bonchev–Trinajstić information content (AvgIpc) is 2.97. The van der Waals surface area contributed by atoms with Crippen LogP contribution in [0.4, 0.5) is 5.95 Å². The Hall–Kier alpha value is -1.85. The summed E-state index contributed by atoms with van der Waals surface area (Å²) in [6, 6.07) is 10.1. The second kappa shape index (κ2) is 6.94. The zero-order valence-electron chi connectivity index (χ0n) is 12.5. The largest absolute Gasteiger partial charge is 0.481 e. The molecule has 6 heteroatoms. The highest BCUT2D eigenvalue weighted by Gasteiger charge is 2.23. The van der Waals surface area contributed by atoms with Gasteiger partial charge in [0.2, 0.25) is 11.8 Å². The molecule has 1 saturated heterocycles. The van der Waals surface area contributed by atoms with Crippen LogP contribution in [0.1, 0.15) is 12.0 Å². The summed E-state index contributed by atoms with van der Waals surface area (Å²) < 4.78 is 5.12. The fourth-order valence-corrected chi connectivity index (χ4v) is 2.87. The first-order chi connectivity index (χ1) is 10.7. The van der Waals surface area contributed by atoms with Crippen LogP contribution in [0.15, 0.2) is 36.5 Å². The Balaban J connectivity index is 1.57. The molecule has 1 aliphatic heterocycles. The van der Waals surface area contributed by atoms with E-state index in [0.29, 0.717) is 17.9 Å². The summed E-state index contributed by atoms with van der Waals surface area (Å²) in [4.78, 5) is 10.9. The van der Waals surface area contributed by atoms with Crippen LogP contribution in [0.3, 0.4) is 0 Å². The SMILES string of the molecule is COc1ccnc(NC2CCN(Cc3ccccc3Cl)C2)n1. The zero-order valence-corrected chi connectivity index (χ0v) is 13.3. The number of ether oxygens (including phenoxy) is 1. The molecule has 1 N–H and O–H groups in total. The van der Waals surface area contributed by atoms with E-state index in [9.17, 15) is 0 Å². The molecule has 0 amide bonds. The first-order valence-corrected chi connectivity index (χ1v) is 7.72. The number of aromatic nitrogens is 2. The Morgan fingerprint density at radius 1 is 1.36 bits per heavy atom. The van der Waals surface area contributed by atoms with Gasteiger partial charge in [-0.1, -0.05) is 29.8 Å². The van der Waals surface area contributed by atoms with Gasteiger partial charge < -0.3 is 10.1 Å². The Morgan fingerprint density at radius 3 is 3.05 bits per heavy atom. The number of halogens is 1. The number of hydrogen-bond acceptors (Lipinski definition) is 5. The molecule has 1 atom stereocenters. The Labute approximate surface area is 135 Å². The molecule has 3 rings (SSSR count). The summed E-state index contributed by atoms with van der Waals surface area (Å²) in [6.45, 7) is 2.86. The van der Waals surface area contributed by atoms with Crippen molar-refractivity contribution in [3.63, 3.8) is 0 Å². The molecule has 0 spiro atoms. The Kier molecular flexibility index (Phi) is 4.75. The summed E-state index contributed by atoms with van der Waals surface area (Å²) in [7, 11) is 1.60. The molecule has 1 aromatic heterocycles. The minimum atomic E-state index is 0.342. The quantitative estimate of drug-likeness (QED) is 0.918. The minimum Gasteiger partial charge on any atom is -0.481 e. The molecule has 1 unspecified atom stereocenters. The highest BCUT2D eigenvalue weighted by Crippen LogP contribution is 2.21. The standard InChI is InChI=1S/C16H19ClN4O/c1-22-15-6-8-18-16(20-15)19-13-7-9-21(11-13)10-12-4-2-3-5-14(12)17/h2-6,8,13H,7,9-11H2,1H3,(H,18,19,20). The lowest BCUT2D eigenvalue weighted by Gasteiger charge is -2.17. The number of hydrogen-bond donors (Lipinski definition) is 1. The molecule has 5 nitrogen and oxygen atoms in total. The molecule has 0 radical (unpaired) electrons. The van der Waals surface area contributed by atoms with E-state index in [-0.39, 0.29) is 0 Å². The number of anilines is 1. The molecule has 1 fully saturated rings. The second-order valence-electron chi connectivity index (χ2n) is 5.38. The first kappa shape index (κ1) is 15.1. The topological polar surface area (TPSA) is 50.3 Å². The van der Waals surface area contributed by atoms with E-state index in [1.807, 2.05) is 18.2 Å². The predicted octanol–water partition coefficient (Wildman–Crippen LogP) is 2.83.